The highest BCUT2D eigenvalue weighted by Crippen LogP contribution is 2.35. The number of carbonyl (C=O) groups is 1. The van der Waals surface area contributed by atoms with Crippen molar-refractivity contribution in [3.05, 3.63) is 75.3 Å². The van der Waals surface area contributed by atoms with Gasteiger partial charge in [0.15, 0.2) is 5.78 Å². The number of benzene rings is 2. The summed E-state index contributed by atoms with van der Waals surface area (Å²) in [6.45, 7) is 1.63. The number of alkyl halides is 3. The van der Waals surface area contributed by atoms with Gasteiger partial charge in [-0.25, -0.2) is 0 Å². The van der Waals surface area contributed by atoms with Crippen molar-refractivity contribution in [2.24, 2.45) is 0 Å². The molecule has 2 aromatic carbocycles. The number of aryl methyl sites for hydroxylation is 1. The minimum absolute atomic E-state index is 0.120. The van der Waals surface area contributed by atoms with Gasteiger partial charge in [0.2, 0.25) is 0 Å². The number of halogens is 5. The molecule has 0 N–H and O–H groups in total. The summed E-state index contributed by atoms with van der Waals surface area (Å²) in [6.07, 6.45) is -4.10. The van der Waals surface area contributed by atoms with E-state index < -0.39 is 17.5 Å². The summed E-state index contributed by atoms with van der Waals surface area (Å²) in [6, 6.07) is 9.69. The summed E-state index contributed by atoms with van der Waals surface area (Å²) in [7, 11) is 0. The van der Waals surface area contributed by atoms with Crippen molar-refractivity contribution < 1.29 is 18.0 Å². The third-order valence-electron chi connectivity index (χ3n) is 3.06. The van der Waals surface area contributed by atoms with Gasteiger partial charge in [-0.1, -0.05) is 29.3 Å². The zero-order valence-electron chi connectivity index (χ0n) is 11.9. The average Bonchev–Trinajstić information content (AvgIpc) is 2.42. The quantitative estimate of drug-likeness (QED) is 0.476. The van der Waals surface area contributed by atoms with Gasteiger partial charge in [-0.3, -0.25) is 4.79 Å². The van der Waals surface area contributed by atoms with Gasteiger partial charge in [-0.15, -0.1) is 0 Å². The van der Waals surface area contributed by atoms with Crippen molar-refractivity contribution in [2.75, 3.05) is 0 Å². The fourth-order valence-electron chi connectivity index (χ4n) is 2.05. The van der Waals surface area contributed by atoms with E-state index in [0.29, 0.717) is 16.7 Å². The van der Waals surface area contributed by atoms with E-state index in [-0.39, 0.29) is 16.1 Å². The minimum Gasteiger partial charge on any atom is -0.289 e. The highest BCUT2D eigenvalue weighted by molar-refractivity contribution is 6.31. The Morgan fingerprint density at radius 2 is 1.57 bits per heavy atom. The maximum absolute atomic E-state index is 13.3. The maximum atomic E-state index is 13.3. The van der Waals surface area contributed by atoms with Crippen LogP contribution in [-0.2, 0) is 0 Å². The first kappa shape index (κ1) is 17.6. The van der Waals surface area contributed by atoms with Crippen molar-refractivity contribution in [1.29, 1.82) is 0 Å². The van der Waals surface area contributed by atoms with E-state index in [4.69, 9.17) is 23.2 Å². The zero-order valence-corrected chi connectivity index (χ0v) is 13.4. The van der Waals surface area contributed by atoms with Crippen LogP contribution in [0.3, 0.4) is 0 Å². The third-order valence-corrected chi connectivity index (χ3v) is 3.53. The SMILES string of the molecule is Cc1cc(Cl)cc(/C(=C/C(=O)c2ccc(Cl)cc2)C(F)(F)F)c1. The molecule has 0 heterocycles. The number of ketones is 1. The molecule has 2 aromatic rings. The molecule has 0 amide bonds. The van der Waals surface area contributed by atoms with E-state index in [1.165, 1.54) is 36.4 Å². The second-order valence-electron chi connectivity index (χ2n) is 4.94. The summed E-state index contributed by atoms with van der Waals surface area (Å²) in [4.78, 5) is 12.1. The van der Waals surface area contributed by atoms with Crippen LogP contribution >= 0.6 is 23.2 Å². The molecule has 0 unspecified atom stereocenters. The summed E-state index contributed by atoms with van der Waals surface area (Å²) < 4.78 is 40.0. The number of rotatable bonds is 3. The number of hydrogen-bond acceptors (Lipinski definition) is 1. The molecule has 23 heavy (non-hydrogen) atoms. The van der Waals surface area contributed by atoms with E-state index >= 15 is 0 Å². The molecule has 120 valence electrons. The van der Waals surface area contributed by atoms with E-state index in [1.807, 2.05) is 0 Å². The van der Waals surface area contributed by atoms with Crippen molar-refractivity contribution in [3.63, 3.8) is 0 Å². The molecule has 0 saturated heterocycles. The van der Waals surface area contributed by atoms with Gasteiger partial charge in [0.1, 0.15) is 0 Å². The molecule has 0 aliphatic heterocycles. The van der Waals surface area contributed by atoms with Crippen molar-refractivity contribution in [2.45, 2.75) is 13.1 Å². The van der Waals surface area contributed by atoms with Crippen molar-refractivity contribution in [1.82, 2.24) is 0 Å². The lowest BCUT2D eigenvalue weighted by atomic mass is 10.00. The molecular formula is C17H11Cl2F3O. The summed E-state index contributed by atoms with van der Waals surface area (Å²) in [5.41, 5.74) is -0.496. The van der Waals surface area contributed by atoms with E-state index in [2.05, 4.69) is 0 Å². The van der Waals surface area contributed by atoms with Crippen LogP contribution < -0.4 is 0 Å². The van der Waals surface area contributed by atoms with Crippen molar-refractivity contribution in [3.8, 4) is 0 Å². The van der Waals surface area contributed by atoms with Crippen LogP contribution in [0.5, 0.6) is 0 Å². The second kappa shape index (κ2) is 6.77. The fourth-order valence-corrected chi connectivity index (χ4v) is 2.46. The lowest BCUT2D eigenvalue weighted by Gasteiger charge is -2.13. The highest BCUT2D eigenvalue weighted by atomic mass is 35.5. The number of hydrogen-bond donors (Lipinski definition) is 0. The Balaban J connectivity index is 2.50. The molecule has 0 spiro atoms. The van der Waals surface area contributed by atoms with Gasteiger partial charge >= 0.3 is 6.18 Å². The molecule has 0 radical (unpaired) electrons. The van der Waals surface area contributed by atoms with Crippen LogP contribution in [0.2, 0.25) is 10.0 Å². The highest BCUT2D eigenvalue weighted by Gasteiger charge is 2.35. The van der Waals surface area contributed by atoms with Crippen LogP contribution in [0.1, 0.15) is 21.5 Å². The van der Waals surface area contributed by atoms with E-state index in [9.17, 15) is 18.0 Å². The first-order valence-electron chi connectivity index (χ1n) is 6.53. The first-order chi connectivity index (χ1) is 10.7. The normalized spacial score (nSPS) is 12.3. The molecule has 1 nitrogen and oxygen atoms in total. The monoisotopic (exact) mass is 358 g/mol. The Bertz CT molecular complexity index is 742. The molecule has 0 aliphatic carbocycles. The van der Waals surface area contributed by atoms with Crippen LogP contribution in [-0.4, -0.2) is 12.0 Å². The Morgan fingerprint density at radius 1 is 0.957 bits per heavy atom. The second-order valence-corrected chi connectivity index (χ2v) is 5.82. The van der Waals surface area contributed by atoms with Crippen LogP contribution in [0, 0.1) is 6.92 Å². The Labute approximate surface area is 141 Å². The van der Waals surface area contributed by atoms with Gasteiger partial charge in [0.05, 0.1) is 5.57 Å². The third kappa shape index (κ3) is 4.60. The molecule has 0 saturated carbocycles. The summed E-state index contributed by atoms with van der Waals surface area (Å²) in [5, 5.41) is 0.570. The predicted octanol–water partition coefficient (Wildman–Crippen LogP) is 6.13. The standard InChI is InChI=1S/C17H11Cl2F3O/c1-10-6-12(8-14(19)7-10)15(17(20,21)22)9-16(23)11-2-4-13(18)5-3-11/h2-9H,1H3/b15-9-. The van der Waals surface area contributed by atoms with E-state index in [0.717, 1.165) is 0 Å². The molecule has 0 atom stereocenters. The lowest BCUT2D eigenvalue weighted by Crippen LogP contribution is -2.13. The molecule has 2 rings (SSSR count). The average molecular weight is 359 g/mol. The largest absolute Gasteiger partial charge is 0.417 e. The molecule has 0 fully saturated rings. The molecular weight excluding hydrogens is 348 g/mol. The Kier molecular flexibility index (Phi) is 5.17. The molecule has 6 heteroatoms. The topological polar surface area (TPSA) is 17.1 Å². The zero-order chi connectivity index (χ0) is 17.2. The van der Waals surface area contributed by atoms with Crippen molar-refractivity contribution >= 4 is 34.6 Å². The minimum atomic E-state index is -4.68. The van der Waals surface area contributed by atoms with Gasteiger partial charge in [-0.05, 0) is 60.5 Å². The Morgan fingerprint density at radius 3 is 2.09 bits per heavy atom. The van der Waals surface area contributed by atoms with Crippen LogP contribution in [0.4, 0.5) is 13.2 Å². The first-order valence-corrected chi connectivity index (χ1v) is 7.29. The molecule has 0 aromatic heterocycles. The summed E-state index contributed by atoms with van der Waals surface area (Å²) in [5.74, 6) is -0.758. The smallest absolute Gasteiger partial charge is 0.289 e. The number of allylic oxidation sites excluding steroid dienone is 2. The van der Waals surface area contributed by atoms with E-state index in [1.54, 1.807) is 13.0 Å². The van der Waals surface area contributed by atoms with Gasteiger partial charge < -0.3 is 0 Å². The lowest BCUT2D eigenvalue weighted by molar-refractivity contribution is -0.0689. The molecule has 0 bridgehead atoms. The number of carbonyl (C=O) groups excluding carboxylic acids is 1. The maximum Gasteiger partial charge on any atom is 0.417 e. The fraction of sp³-hybridized carbons (Fsp3) is 0.118. The molecule has 0 aliphatic rings. The van der Waals surface area contributed by atoms with Crippen LogP contribution in [0.25, 0.3) is 5.57 Å². The van der Waals surface area contributed by atoms with Gasteiger partial charge in [0.25, 0.3) is 0 Å². The predicted molar refractivity (Wildman–Crippen MR) is 86.0 cm³/mol. The summed E-state index contributed by atoms with van der Waals surface area (Å²) >= 11 is 11.5. The van der Waals surface area contributed by atoms with Gasteiger partial charge in [-0.2, -0.15) is 13.2 Å². The Hall–Kier alpha value is -1.78. The van der Waals surface area contributed by atoms with Gasteiger partial charge in [0, 0.05) is 15.6 Å². The van der Waals surface area contributed by atoms with Crippen LogP contribution in [0.15, 0.2) is 48.5 Å².